The highest BCUT2D eigenvalue weighted by atomic mass is 16.3. The van der Waals surface area contributed by atoms with E-state index in [2.05, 4.69) is 83.8 Å². The molecule has 1 atom stereocenters. The SMILES string of the molecule is CC(C)c1ccc(C(O)(c2cncc(C#Cc3cc4cccnc4[nH]3)c2)C2(C)CN(C)C2)cc1. The molecule has 2 N–H and O–H groups in total. The van der Waals surface area contributed by atoms with Crippen LogP contribution in [0.25, 0.3) is 11.0 Å². The Balaban J connectivity index is 1.54. The second kappa shape index (κ2) is 8.39. The lowest BCUT2D eigenvalue weighted by Gasteiger charge is -2.55. The first-order valence-corrected chi connectivity index (χ1v) is 11.7. The highest BCUT2D eigenvalue weighted by Crippen LogP contribution is 2.50. The Kier molecular flexibility index (Phi) is 5.51. The maximum Gasteiger partial charge on any atom is 0.138 e. The van der Waals surface area contributed by atoms with Gasteiger partial charge < -0.3 is 15.0 Å². The van der Waals surface area contributed by atoms with E-state index in [4.69, 9.17) is 0 Å². The number of aliphatic hydroxyl groups is 1. The van der Waals surface area contributed by atoms with Crippen LogP contribution in [0.15, 0.2) is 67.1 Å². The number of aromatic amines is 1. The summed E-state index contributed by atoms with van der Waals surface area (Å²) in [5.74, 6) is 6.84. The molecule has 34 heavy (non-hydrogen) atoms. The van der Waals surface area contributed by atoms with Crippen molar-refractivity contribution in [2.24, 2.45) is 5.41 Å². The Morgan fingerprint density at radius 2 is 1.82 bits per heavy atom. The summed E-state index contributed by atoms with van der Waals surface area (Å²) in [7, 11) is 2.08. The van der Waals surface area contributed by atoms with E-state index in [-0.39, 0.29) is 5.41 Å². The van der Waals surface area contributed by atoms with E-state index >= 15 is 0 Å². The van der Waals surface area contributed by atoms with Gasteiger partial charge in [-0.2, -0.15) is 0 Å². The van der Waals surface area contributed by atoms with Crippen molar-refractivity contribution < 1.29 is 5.11 Å². The topological polar surface area (TPSA) is 65.0 Å². The molecule has 0 bridgehead atoms. The molecule has 1 aromatic carbocycles. The number of aromatic nitrogens is 3. The molecule has 1 unspecified atom stereocenters. The lowest BCUT2D eigenvalue weighted by atomic mass is 9.62. The van der Waals surface area contributed by atoms with E-state index in [9.17, 15) is 5.11 Å². The molecule has 1 aliphatic heterocycles. The molecule has 4 aromatic rings. The molecule has 0 saturated carbocycles. The van der Waals surface area contributed by atoms with E-state index < -0.39 is 5.60 Å². The zero-order valence-corrected chi connectivity index (χ0v) is 20.1. The van der Waals surface area contributed by atoms with Gasteiger partial charge in [-0.05, 0) is 54.3 Å². The monoisotopic (exact) mass is 450 g/mol. The first kappa shape index (κ1) is 22.3. The maximum atomic E-state index is 12.4. The average Bonchev–Trinajstić information content (AvgIpc) is 3.24. The normalized spacial score (nSPS) is 17.1. The largest absolute Gasteiger partial charge is 0.380 e. The summed E-state index contributed by atoms with van der Waals surface area (Å²) in [5, 5.41) is 13.4. The zero-order chi connectivity index (χ0) is 23.9. The van der Waals surface area contributed by atoms with Gasteiger partial charge in [-0.25, -0.2) is 4.98 Å². The summed E-state index contributed by atoms with van der Waals surface area (Å²) in [6.07, 6.45) is 5.28. The van der Waals surface area contributed by atoms with Crippen molar-refractivity contribution in [1.29, 1.82) is 0 Å². The molecule has 3 aromatic heterocycles. The molecule has 1 aliphatic rings. The number of hydrogen-bond donors (Lipinski definition) is 2. The minimum absolute atomic E-state index is 0.336. The number of rotatable bonds is 4. The van der Waals surface area contributed by atoms with Crippen LogP contribution in [0.5, 0.6) is 0 Å². The fraction of sp³-hybridized carbons (Fsp3) is 0.310. The van der Waals surface area contributed by atoms with Gasteiger partial charge in [-0.1, -0.05) is 51.0 Å². The molecular formula is C29H30N4O. The maximum absolute atomic E-state index is 12.4. The molecule has 5 rings (SSSR count). The molecule has 1 fully saturated rings. The number of benzene rings is 1. The van der Waals surface area contributed by atoms with Gasteiger partial charge in [0.15, 0.2) is 0 Å². The van der Waals surface area contributed by atoms with Crippen LogP contribution in [0.1, 0.15) is 54.6 Å². The predicted octanol–water partition coefficient (Wildman–Crippen LogP) is 4.67. The molecular weight excluding hydrogens is 420 g/mol. The van der Waals surface area contributed by atoms with Crippen molar-refractivity contribution in [1.82, 2.24) is 19.9 Å². The number of likely N-dealkylation sites (tertiary alicyclic amines) is 1. The van der Waals surface area contributed by atoms with Gasteiger partial charge in [-0.3, -0.25) is 4.98 Å². The van der Waals surface area contributed by atoms with E-state index in [0.717, 1.165) is 46.5 Å². The Bertz CT molecular complexity index is 1350. The molecule has 172 valence electrons. The third-order valence-corrected chi connectivity index (χ3v) is 7.00. The van der Waals surface area contributed by atoms with Gasteiger partial charge in [0.2, 0.25) is 0 Å². The van der Waals surface area contributed by atoms with Crippen molar-refractivity contribution >= 4 is 11.0 Å². The Morgan fingerprint density at radius 3 is 2.50 bits per heavy atom. The minimum Gasteiger partial charge on any atom is -0.380 e. The van der Waals surface area contributed by atoms with Gasteiger partial charge in [0.25, 0.3) is 0 Å². The predicted molar refractivity (Wildman–Crippen MR) is 135 cm³/mol. The summed E-state index contributed by atoms with van der Waals surface area (Å²) >= 11 is 0. The van der Waals surface area contributed by atoms with E-state index in [1.807, 2.05) is 24.3 Å². The van der Waals surface area contributed by atoms with Crippen LogP contribution in [0.3, 0.4) is 0 Å². The molecule has 0 radical (unpaired) electrons. The zero-order valence-electron chi connectivity index (χ0n) is 20.1. The van der Waals surface area contributed by atoms with E-state index in [0.29, 0.717) is 5.92 Å². The fourth-order valence-electron chi connectivity index (χ4n) is 5.22. The summed E-state index contributed by atoms with van der Waals surface area (Å²) in [6, 6.07) is 16.3. The fourth-order valence-corrected chi connectivity index (χ4v) is 5.22. The van der Waals surface area contributed by atoms with E-state index in [1.54, 1.807) is 18.6 Å². The van der Waals surface area contributed by atoms with Crippen molar-refractivity contribution in [3.63, 3.8) is 0 Å². The first-order chi connectivity index (χ1) is 16.3. The Morgan fingerprint density at radius 1 is 1.06 bits per heavy atom. The van der Waals surface area contributed by atoms with Crippen molar-refractivity contribution in [3.05, 3.63) is 95.1 Å². The smallest absolute Gasteiger partial charge is 0.138 e. The quantitative estimate of drug-likeness (QED) is 0.444. The van der Waals surface area contributed by atoms with Crippen LogP contribution in [0, 0.1) is 17.3 Å². The average molecular weight is 451 g/mol. The highest BCUT2D eigenvalue weighted by Gasteiger charge is 2.55. The van der Waals surface area contributed by atoms with Gasteiger partial charge in [0.05, 0.1) is 5.69 Å². The second-order valence-electron chi connectivity index (χ2n) is 10.1. The Hall–Kier alpha value is -3.46. The standard InChI is InChI=1S/C29H30N4O/c1-20(2)22-8-10-24(11-9-22)29(34,28(3)18-33(4)19-28)25-14-21(16-30-17-25)7-12-26-15-23-6-5-13-31-27(23)32-26/h5-6,8-11,13-17,20,34H,18-19H2,1-4H3,(H,31,32). The van der Waals surface area contributed by atoms with Crippen molar-refractivity contribution in [2.75, 3.05) is 20.1 Å². The van der Waals surface area contributed by atoms with Crippen LogP contribution in [-0.2, 0) is 5.60 Å². The second-order valence-corrected chi connectivity index (χ2v) is 10.1. The van der Waals surface area contributed by atoms with Gasteiger partial charge in [-0.15, -0.1) is 0 Å². The lowest BCUT2D eigenvalue weighted by Crippen LogP contribution is -2.63. The van der Waals surface area contributed by atoms with Crippen molar-refractivity contribution in [3.8, 4) is 11.8 Å². The van der Waals surface area contributed by atoms with Gasteiger partial charge in [0, 0.05) is 53.6 Å². The lowest BCUT2D eigenvalue weighted by molar-refractivity contribution is -0.127. The number of nitrogens with one attached hydrogen (secondary N) is 1. The number of nitrogens with zero attached hydrogens (tertiary/aromatic N) is 3. The van der Waals surface area contributed by atoms with Gasteiger partial charge >= 0.3 is 0 Å². The molecule has 0 spiro atoms. The van der Waals surface area contributed by atoms with Crippen molar-refractivity contribution in [2.45, 2.75) is 32.3 Å². The van der Waals surface area contributed by atoms with Crippen LogP contribution in [-0.4, -0.2) is 45.1 Å². The molecule has 1 saturated heterocycles. The summed E-state index contributed by atoms with van der Waals surface area (Å²) in [5.41, 5.74) is 3.78. The highest BCUT2D eigenvalue weighted by molar-refractivity contribution is 5.77. The van der Waals surface area contributed by atoms with Gasteiger partial charge in [0.1, 0.15) is 11.2 Å². The third kappa shape index (κ3) is 3.79. The molecule has 0 aliphatic carbocycles. The summed E-state index contributed by atoms with van der Waals surface area (Å²) in [6.45, 7) is 8.11. The van der Waals surface area contributed by atoms with Crippen LogP contribution in [0.4, 0.5) is 0 Å². The number of H-pyrrole nitrogens is 1. The Labute approximate surface area is 200 Å². The molecule has 5 heteroatoms. The molecule has 0 amide bonds. The van der Waals surface area contributed by atoms with Crippen LogP contribution >= 0.6 is 0 Å². The summed E-state index contributed by atoms with van der Waals surface area (Å²) < 4.78 is 0. The minimum atomic E-state index is -1.18. The number of pyridine rings is 2. The molecule has 4 heterocycles. The summed E-state index contributed by atoms with van der Waals surface area (Å²) in [4.78, 5) is 14.3. The third-order valence-electron chi connectivity index (χ3n) is 7.00. The van der Waals surface area contributed by atoms with Crippen LogP contribution < -0.4 is 0 Å². The molecule has 5 nitrogen and oxygen atoms in total. The number of fused-ring (bicyclic) bond motifs is 1. The van der Waals surface area contributed by atoms with E-state index in [1.165, 1.54) is 5.56 Å². The number of hydrogen-bond acceptors (Lipinski definition) is 4. The first-order valence-electron chi connectivity index (χ1n) is 11.7. The van der Waals surface area contributed by atoms with Crippen LogP contribution in [0.2, 0.25) is 0 Å².